The number of aliphatic imine (C=N–C) groups is 1. The molecule has 3 rings (SSSR count). The van der Waals surface area contributed by atoms with Gasteiger partial charge in [0.15, 0.2) is 0 Å². The van der Waals surface area contributed by atoms with Crippen molar-refractivity contribution in [2.24, 2.45) is 15.2 Å². The van der Waals surface area contributed by atoms with E-state index in [9.17, 15) is 0 Å². The second-order valence-electron chi connectivity index (χ2n) is 5.35. The third kappa shape index (κ3) is 27.0. The predicted octanol–water partition coefficient (Wildman–Crippen LogP) is 11.4. The fourth-order valence-electron chi connectivity index (χ4n) is 1.81. The Morgan fingerprint density at radius 1 is 0.529 bits per heavy atom. The molecule has 34 heavy (non-hydrogen) atoms. The van der Waals surface area contributed by atoms with E-state index in [0.717, 1.165) is 16.9 Å². The first-order valence-electron chi connectivity index (χ1n) is 12.8. The molecule has 0 aliphatic carbocycles. The molecule has 0 atom stereocenters. The molecule has 0 heterocycles. The average molecular weight is 466 g/mol. The van der Waals surface area contributed by atoms with E-state index in [1.54, 1.807) is 7.05 Å². The van der Waals surface area contributed by atoms with Gasteiger partial charge in [-0.3, -0.25) is 4.99 Å². The zero-order chi connectivity index (χ0) is 26.9. The first-order chi connectivity index (χ1) is 16.8. The molecule has 0 fully saturated rings. The number of hydrogen-bond donors (Lipinski definition) is 0. The van der Waals surface area contributed by atoms with Crippen LogP contribution < -0.4 is 0 Å². The maximum atomic E-state index is 4.35. The number of hydrogen-bond acceptors (Lipinski definition) is 3. The van der Waals surface area contributed by atoms with Crippen LogP contribution in [-0.2, 0) is 0 Å². The lowest BCUT2D eigenvalue weighted by atomic mass is 10.2. The molecule has 0 spiro atoms. The van der Waals surface area contributed by atoms with Gasteiger partial charge in [0, 0.05) is 13.3 Å². The number of rotatable bonds is 3. The highest BCUT2D eigenvalue weighted by molar-refractivity contribution is 5.81. The highest BCUT2D eigenvalue weighted by Crippen LogP contribution is 2.10. The van der Waals surface area contributed by atoms with E-state index in [2.05, 4.69) is 29.1 Å². The van der Waals surface area contributed by atoms with Gasteiger partial charge in [0.05, 0.1) is 11.4 Å². The van der Waals surface area contributed by atoms with Gasteiger partial charge in [0.25, 0.3) is 0 Å². The van der Waals surface area contributed by atoms with Gasteiger partial charge in [0.1, 0.15) is 0 Å². The van der Waals surface area contributed by atoms with Crippen LogP contribution in [0.25, 0.3) is 0 Å². The lowest BCUT2D eigenvalue weighted by molar-refractivity contribution is 1.09. The zero-order valence-electron chi connectivity index (χ0n) is 23.8. The summed E-state index contributed by atoms with van der Waals surface area (Å²) in [5.74, 6) is 0. The van der Waals surface area contributed by atoms with Crippen molar-refractivity contribution in [1.29, 1.82) is 0 Å². The Bertz CT molecular complexity index is 696. The monoisotopic (exact) mass is 465 g/mol. The van der Waals surface area contributed by atoms with E-state index in [1.165, 1.54) is 6.42 Å². The van der Waals surface area contributed by atoms with E-state index in [1.807, 2.05) is 153 Å². The fraction of sp³-hybridized carbons (Fsp3) is 0.387. The Morgan fingerprint density at radius 2 is 0.853 bits per heavy atom. The SMILES string of the molecule is C(=Nc1ccccc1)c1ccccc1.CC.CC.CC.CC.CCC.CN=Nc1ccccc1. The summed E-state index contributed by atoms with van der Waals surface area (Å²) in [6.07, 6.45) is 3.12. The van der Waals surface area contributed by atoms with E-state index in [4.69, 9.17) is 0 Å². The molecule has 3 aromatic carbocycles. The lowest BCUT2D eigenvalue weighted by Crippen LogP contribution is -1.77. The molecular weight excluding hydrogens is 414 g/mol. The molecule has 0 aromatic heterocycles. The molecule has 0 N–H and O–H groups in total. The van der Waals surface area contributed by atoms with Crippen molar-refractivity contribution in [1.82, 2.24) is 0 Å². The summed E-state index contributed by atoms with van der Waals surface area (Å²) in [5.41, 5.74) is 3.01. The Labute approximate surface area is 212 Å². The van der Waals surface area contributed by atoms with Gasteiger partial charge in [-0.25, -0.2) is 0 Å². The Balaban J connectivity index is -0.000000195. The van der Waals surface area contributed by atoms with Gasteiger partial charge in [-0.05, 0) is 29.8 Å². The minimum atomic E-state index is 0.903. The van der Waals surface area contributed by atoms with Crippen molar-refractivity contribution in [2.75, 3.05) is 7.05 Å². The van der Waals surface area contributed by atoms with Gasteiger partial charge in [-0.15, -0.1) is 0 Å². The predicted molar refractivity (Wildman–Crippen MR) is 158 cm³/mol. The van der Waals surface area contributed by atoms with Crippen molar-refractivity contribution >= 4 is 17.6 Å². The minimum Gasteiger partial charge on any atom is -0.256 e. The van der Waals surface area contributed by atoms with Crippen LogP contribution in [0.2, 0.25) is 0 Å². The van der Waals surface area contributed by atoms with E-state index in [0.29, 0.717) is 0 Å². The van der Waals surface area contributed by atoms with Gasteiger partial charge in [-0.2, -0.15) is 10.2 Å². The second-order valence-corrected chi connectivity index (χ2v) is 5.35. The molecule has 3 aromatic rings. The van der Waals surface area contributed by atoms with Crippen LogP contribution in [0.1, 0.15) is 81.2 Å². The largest absolute Gasteiger partial charge is 0.256 e. The molecule has 0 unspecified atom stereocenters. The summed E-state index contributed by atoms with van der Waals surface area (Å²) in [5, 5.41) is 7.46. The molecule has 0 amide bonds. The Morgan fingerprint density at radius 3 is 1.21 bits per heavy atom. The van der Waals surface area contributed by atoms with Crippen LogP contribution in [0, 0.1) is 0 Å². The fourth-order valence-corrected chi connectivity index (χ4v) is 1.81. The van der Waals surface area contributed by atoms with Crippen LogP contribution in [0.5, 0.6) is 0 Å². The Hall–Kier alpha value is -3.07. The summed E-state index contributed by atoms with van der Waals surface area (Å²) >= 11 is 0. The Kier molecular flexibility index (Phi) is 41.9. The second kappa shape index (κ2) is 37.3. The van der Waals surface area contributed by atoms with E-state index < -0.39 is 0 Å². The molecule has 0 bridgehead atoms. The van der Waals surface area contributed by atoms with Crippen molar-refractivity contribution in [3.8, 4) is 0 Å². The normalized spacial score (nSPS) is 8.32. The van der Waals surface area contributed by atoms with Crippen molar-refractivity contribution in [3.05, 3.63) is 96.6 Å². The van der Waals surface area contributed by atoms with Crippen LogP contribution in [0.4, 0.5) is 11.4 Å². The maximum absolute atomic E-state index is 4.35. The highest BCUT2D eigenvalue weighted by atomic mass is 15.1. The number of azo groups is 1. The molecule has 3 nitrogen and oxygen atoms in total. The third-order valence-corrected chi connectivity index (χ3v) is 2.89. The molecule has 0 saturated heterocycles. The summed E-state index contributed by atoms with van der Waals surface area (Å²) in [6.45, 7) is 20.2. The van der Waals surface area contributed by atoms with Gasteiger partial charge in [-0.1, -0.05) is 142 Å². The van der Waals surface area contributed by atoms with Gasteiger partial charge < -0.3 is 0 Å². The zero-order valence-corrected chi connectivity index (χ0v) is 23.8. The number of nitrogens with zero attached hydrogens (tertiary/aromatic N) is 3. The van der Waals surface area contributed by atoms with Crippen LogP contribution in [0.15, 0.2) is 106 Å². The van der Waals surface area contributed by atoms with E-state index >= 15 is 0 Å². The van der Waals surface area contributed by atoms with E-state index in [-0.39, 0.29) is 0 Å². The summed E-state index contributed by atoms with van der Waals surface area (Å²) in [4.78, 5) is 4.35. The molecule has 0 aliphatic heterocycles. The van der Waals surface area contributed by atoms with Crippen LogP contribution >= 0.6 is 0 Å². The number of para-hydroxylation sites is 1. The standard InChI is InChI=1S/C13H11N.C7H8N2.C3H8.4C2H6/c1-3-7-12(8-4-1)11-14-13-9-5-2-6-10-13;1-8-9-7-5-3-2-4-6-7;1-3-2;4*1-2/h1-11H;2-6H,1H3;3H2,1-2H3;4*1-2H3. The molecular formula is C31H51N3. The molecule has 0 saturated carbocycles. The molecule has 190 valence electrons. The topological polar surface area (TPSA) is 37.1 Å². The van der Waals surface area contributed by atoms with Gasteiger partial charge in [0.2, 0.25) is 0 Å². The third-order valence-electron chi connectivity index (χ3n) is 2.89. The smallest absolute Gasteiger partial charge is 0.0852 e. The lowest BCUT2D eigenvalue weighted by Gasteiger charge is -1.92. The van der Waals surface area contributed by atoms with Crippen molar-refractivity contribution in [3.63, 3.8) is 0 Å². The summed E-state index contributed by atoms with van der Waals surface area (Å²) < 4.78 is 0. The van der Waals surface area contributed by atoms with Crippen LogP contribution in [-0.4, -0.2) is 13.3 Å². The van der Waals surface area contributed by atoms with Crippen molar-refractivity contribution in [2.45, 2.75) is 75.7 Å². The maximum Gasteiger partial charge on any atom is 0.0852 e. The number of benzene rings is 3. The summed E-state index contributed by atoms with van der Waals surface area (Å²) in [6, 6.07) is 29.6. The molecule has 0 aliphatic rings. The first-order valence-corrected chi connectivity index (χ1v) is 12.8. The average Bonchev–Trinajstić information content (AvgIpc) is 2.95. The molecule has 3 heteroatoms. The minimum absolute atomic E-state index is 0.903. The highest BCUT2D eigenvalue weighted by Gasteiger charge is 1.85. The summed E-state index contributed by atoms with van der Waals surface area (Å²) in [7, 11) is 1.66. The molecule has 0 radical (unpaired) electrons. The quantitative estimate of drug-likeness (QED) is 0.272. The van der Waals surface area contributed by atoms with Gasteiger partial charge >= 0.3 is 0 Å². The van der Waals surface area contributed by atoms with Crippen molar-refractivity contribution < 1.29 is 0 Å². The van der Waals surface area contributed by atoms with Crippen LogP contribution in [0.3, 0.4) is 0 Å². The first kappa shape index (κ1) is 38.2.